The van der Waals surface area contributed by atoms with Gasteiger partial charge >= 0.3 is 6.03 Å². The van der Waals surface area contributed by atoms with E-state index in [1.54, 1.807) is 12.1 Å². The minimum absolute atomic E-state index is 0.202. The third-order valence-corrected chi connectivity index (χ3v) is 7.03. The van der Waals surface area contributed by atoms with E-state index in [-0.39, 0.29) is 25.3 Å². The van der Waals surface area contributed by atoms with E-state index in [2.05, 4.69) is 4.57 Å². The van der Waals surface area contributed by atoms with Crippen molar-refractivity contribution in [2.45, 2.75) is 32.0 Å². The molecule has 11 heteroatoms. The summed E-state index contributed by atoms with van der Waals surface area (Å²) in [5.41, 5.74) is 3.77. The molecule has 1 N–H and O–H groups in total. The van der Waals surface area contributed by atoms with Gasteiger partial charge in [-0.05, 0) is 29.3 Å². The summed E-state index contributed by atoms with van der Waals surface area (Å²) in [5, 5.41) is 0.996. The molecule has 1 unspecified atom stereocenters. The van der Waals surface area contributed by atoms with Gasteiger partial charge in [0.05, 0.1) is 12.8 Å². The zero-order chi connectivity index (χ0) is 24.9. The number of hydrogen-bond donors (Lipinski definition) is 1. The summed E-state index contributed by atoms with van der Waals surface area (Å²) in [7, 11) is -3.72. The van der Waals surface area contributed by atoms with Crippen molar-refractivity contribution >= 4 is 38.8 Å². The molecule has 2 aliphatic heterocycles. The fourth-order valence-corrected chi connectivity index (χ4v) is 5.41. The molecule has 1 saturated heterocycles. The Morgan fingerprint density at radius 3 is 2.54 bits per heavy atom. The van der Waals surface area contributed by atoms with E-state index < -0.39 is 33.9 Å². The number of fused-ring (bicyclic) bond motifs is 4. The first kappa shape index (κ1) is 23.0. The maximum absolute atomic E-state index is 13.4. The van der Waals surface area contributed by atoms with Crippen LogP contribution in [0.1, 0.15) is 23.2 Å². The SMILES string of the molecule is CS(=O)(=O)NC(=O)CCN1C(=O)C2Cc3c(n(Cc4ccc(F)cc4)c4ccccc34)CN2C1=O. The zero-order valence-electron chi connectivity index (χ0n) is 18.9. The number of urea groups is 1. The van der Waals surface area contributed by atoms with Crippen molar-refractivity contribution in [1.82, 2.24) is 19.1 Å². The number of aromatic nitrogens is 1. The number of para-hydroxylation sites is 1. The van der Waals surface area contributed by atoms with Crippen LogP contribution in [0.15, 0.2) is 48.5 Å². The van der Waals surface area contributed by atoms with Gasteiger partial charge in [0.2, 0.25) is 15.9 Å². The molecule has 1 atom stereocenters. The third-order valence-electron chi connectivity index (χ3n) is 6.43. The molecule has 9 nitrogen and oxygen atoms in total. The van der Waals surface area contributed by atoms with Gasteiger partial charge in [-0.25, -0.2) is 17.6 Å². The molecule has 4 amide bonds. The van der Waals surface area contributed by atoms with E-state index in [0.29, 0.717) is 13.0 Å². The van der Waals surface area contributed by atoms with Gasteiger partial charge in [0.1, 0.15) is 11.9 Å². The second-order valence-corrected chi connectivity index (χ2v) is 10.6. The Bertz CT molecular complexity index is 1470. The average Bonchev–Trinajstić information content (AvgIpc) is 3.23. The standard InChI is InChI=1S/C24H23FN4O5S/c1-35(33,34)26-22(30)10-11-27-23(31)20-12-18-17-4-2-3-5-19(17)28(21(18)14-29(20)24(27)32)13-15-6-8-16(25)9-7-15/h2-9,20H,10-14H2,1H3,(H,26,30). The largest absolute Gasteiger partial charge is 0.338 e. The fourth-order valence-electron chi connectivity index (χ4n) is 4.89. The van der Waals surface area contributed by atoms with Crippen LogP contribution >= 0.6 is 0 Å². The minimum atomic E-state index is -3.72. The Morgan fingerprint density at radius 2 is 1.83 bits per heavy atom. The van der Waals surface area contributed by atoms with Crippen molar-refractivity contribution < 1.29 is 27.2 Å². The topological polar surface area (TPSA) is 109 Å². The number of halogens is 1. The van der Waals surface area contributed by atoms with Crippen LogP contribution in [0.2, 0.25) is 0 Å². The number of nitrogens with one attached hydrogen (secondary N) is 1. The van der Waals surface area contributed by atoms with E-state index in [4.69, 9.17) is 0 Å². The van der Waals surface area contributed by atoms with Gasteiger partial charge < -0.3 is 9.47 Å². The molecule has 3 heterocycles. The van der Waals surface area contributed by atoms with Crippen molar-refractivity contribution in [3.8, 4) is 0 Å². The van der Waals surface area contributed by atoms with Crippen LogP contribution in [0.25, 0.3) is 10.9 Å². The van der Waals surface area contributed by atoms with Crippen LogP contribution < -0.4 is 4.72 Å². The van der Waals surface area contributed by atoms with Crippen molar-refractivity contribution in [2.24, 2.45) is 0 Å². The van der Waals surface area contributed by atoms with Gasteiger partial charge in [-0.3, -0.25) is 19.2 Å². The lowest BCUT2D eigenvalue weighted by Gasteiger charge is -2.28. The van der Waals surface area contributed by atoms with Crippen molar-refractivity contribution in [1.29, 1.82) is 0 Å². The Morgan fingerprint density at radius 1 is 1.11 bits per heavy atom. The summed E-state index contributed by atoms with van der Waals surface area (Å²) in [5.74, 6) is -1.50. The van der Waals surface area contributed by atoms with Crippen molar-refractivity contribution in [2.75, 3.05) is 12.8 Å². The van der Waals surface area contributed by atoms with E-state index in [1.165, 1.54) is 17.0 Å². The highest BCUT2D eigenvalue weighted by Crippen LogP contribution is 2.36. The highest BCUT2D eigenvalue weighted by atomic mass is 32.2. The van der Waals surface area contributed by atoms with Gasteiger partial charge in [0.15, 0.2) is 0 Å². The average molecular weight is 499 g/mol. The van der Waals surface area contributed by atoms with Crippen LogP contribution in [0.4, 0.5) is 9.18 Å². The van der Waals surface area contributed by atoms with Gasteiger partial charge in [0.25, 0.3) is 5.91 Å². The summed E-state index contributed by atoms with van der Waals surface area (Å²) in [4.78, 5) is 40.6. The molecule has 5 rings (SSSR count). The number of carbonyl (C=O) groups excluding carboxylic acids is 3. The number of imide groups is 1. The molecule has 3 aromatic rings. The second kappa shape index (κ2) is 8.49. The van der Waals surface area contributed by atoms with Crippen molar-refractivity contribution in [3.63, 3.8) is 0 Å². The van der Waals surface area contributed by atoms with Crippen molar-refractivity contribution in [3.05, 3.63) is 71.2 Å². The fraction of sp³-hybridized carbons (Fsp3) is 0.292. The zero-order valence-corrected chi connectivity index (χ0v) is 19.7. The Hall–Kier alpha value is -3.73. The molecule has 2 aliphatic rings. The smallest absolute Gasteiger partial charge is 0.327 e. The predicted molar refractivity (Wildman–Crippen MR) is 125 cm³/mol. The number of benzene rings is 2. The number of hydrogen-bond acceptors (Lipinski definition) is 5. The first-order valence-corrected chi connectivity index (χ1v) is 13.0. The molecule has 1 aromatic heterocycles. The lowest BCUT2D eigenvalue weighted by Crippen LogP contribution is -2.40. The first-order valence-electron chi connectivity index (χ1n) is 11.1. The van der Waals surface area contributed by atoms with Gasteiger partial charge in [0, 0.05) is 42.5 Å². The molecule has 0 bridgehead atoms. The summed E-state index contributed by atoms with van der Waals surface area (Å²) < 4.78 is 39.8. The predicted octanol–water partition coefficient (Wildman–Crippen LogP) is 1.98. The number of carbonyl (C=O) groups is 3. The highest BCUT2D eigenvalue weighted by Gasteiger charge is 2.48. The number of amides is 4. The van der Waals surface area contributed by atoms with Gasteiger partial charge in [-0.15, -0.1) is 0 Å². The quantitative estimate of drug-likeness (QED) is 0.523. The van der Waals surface area contributed by atoms with Crippen LogP contribution in [-0.4, -0.2) is 59.5 Å². The molecule has 0 saturated carbocycles. The van der Waals surface area contributed by atoms with Crippen LogP contribution in [0.3, 0.4) is 0 Å². The van der Waals surface area contributed by atoms with E-state index >= 15 is 0 Å². The lowest BCUT2D eigenvalue weighted by molar-refractivity contribution is -0.128. The number of nitrogens with zero attached hydrogens (tertiary/aromatic N) is 3. The maximum atomic E-state index is 13.4. The summed E-state index contributed by atoms with van der Waals surface area (Å²) >= 11 is 0. The van der Waals surface area contributed by atoms with Crippen LogP contribution in [-0.2, 0) is 39.1 Å². The summed E-state index contributed by atoms with van der Waals surface area (Å²) in [6.45, 7) is 0.491. The molecule has 1 fully saturated rings. The molecule has 0 spiro atoms. The monoisotopic (exact) mass is 498 g/mol. The first-order chi connectivity index (χ1) is 16.6. The summed E-state index contributed by atoms with van der Waals surface area (Å²) in [6.07, 6.45) is 0.890. The molecular formula is C24H23FN4O5S. The second-order valence-electron chi connectivity index (χ2n) is 8.82. The lowest BCUT2D eigenvalue weighted by atomic mass is 9.97. The van der Waals surface area contributed by atoms with E-state index in [9.17, 15) is 27.2 Å². The molecule has 0 radical (unpaired) electrons. The van der Waals surface area contributed by atoms with E-state index in [1.807, 2.05) is 29.0 Å². The van der Waals surface area contributed by atoms with Crippen LogP contribution in [0, 0.1) is 5.82 Å². The van der Waals surface area contributed by atoms with Gasteiger partial charge in [-0.2, -0.15) is 0 Å². The Balaban J connectivity index is 1.43. The Kier molecular flexibility index (Phi) is 5.59. The molecule has 0 aliphatic carbocycles. The molecule has 2 aromatic carbocycles. The maximum Gasteiger partial charge on any atom is 0.327 e. The number of sulfonamides is 1. The number of rotatable bonds is 6. The minimum Gasteiger partial charge on any atom is -0.338 e. The van der Waals surface area contributed by atoms with Gasteiger partial charge in [-0.1, -0.05) is 30.3 Å². The third kappa shape index (κ3) is 4.27. The molecule has 35 heavy (non-hydrogen) atoms. The molecule has 182 valence electrons. The van der Waals surface area contributed by atoms with Crippen LogP contribution in [0.5, 0.6) is 0 Å². The normalized spacial score (nSPS) is 17.6. The Labute approximate surface area is 201 Å². The van der Waals surface area contributed by atoms with E-state index in [0.717, 1.165) is 38.9 Å². The summed E-state index contributed by atoms with van der Waals surface area (Å²) in [6, 6.07) is 12.9. The highest BCUT2D eigenvalue weighted by molar-refractivity contribution is 7.89. The molecular weight excluding hydrogens is 475 g/mol.